The van der Waals surface area contributed by atoms with Gasteiger partial charge in [-0.25, -0.2) is 17.9 Å². The van der Waals surface area contributed by atoms with Gasteiger partial charge in [-0.3, -0.25) is 4.79 Å². The lowest BCUT2D eigenvalue weighted by molar-refractivity contribution is -0.141. The highest BCUT2D eigenvalue weighted by Gasteiger charge is 2.36. The average Bonchev–Trinajstić information content (AvgIpc) is 3.22. The molecule has 9 heteroatoms. The van der Waals surface area contributed by atoms with Gasteiger partial charge in [0.25, 0.3) is 5.91 Å². The minimum Gasteiger partial charge on any atom is -0.449 e. The van der Waals surface area contributed by atoms with Gasteiger partial charge in [-0.15, -0.1) is 0 Å². The Hall–Kier alpha value is -2.68. The van der Waals surface area contributed by atoms with Crippen molar-refractivity contribution >= 4 is 21.7 Å². The average molecular weight is 434 g/mol. The first-order chi connectivity index (χ1) is 14.1. The molecular formula is C21H27N3O5S. The molecule has 0 bridgehead atoms. The van der Waals surface area contributed by atoms with Crippen molar-refractivity contribution in [2.45, 2.75) is 46.3 Å². The minimum atomic E-state index is -3.11. The van der Waals surface area contributed by atoms with Crippen molar-refractivity contribution in [3.8, 4) is 5.69 Å². The minimum absolute atomic E-state index is 0.0406. The third-order valence-electron chi connectivity index (χ3n) is 5.26. The highest BCUT2D eigenvalue weighted by Crippen LogP contribution is 2.20. The van der Waals surface area contributed by atoms with Crippen LogP contribution in [0, 0.1) is 13.8 Å². The molecule has 8 nitrogen and oxygen atoms in total. The van der Waals surface area contributed by atoms with E-state index >= 15 is 0 Å². The van der Waals surface area contributed by atoms with E-state index in [1.165, 1.54) is 11.8 Å². The number of hydrogen-bond acceptors (Lipinski definition) is 6. The van der Waals surface area contributed by atoms with Gasteiger partial charge in [-0.2, -0.15) is 5.10 Å². The lowest BCUT2D eigenvalue weighted by Gasteiger charge is -2.29. The summed E-state index contributed by atoms with van der Waals surface area (Å²) < 4.78 is 30.6. The summed E-state index contributed by atoms with van der Waals surface area (Å²) in [7, 11) is -3.11. The Kier molecular flexibility index (Phi) is 6.30. The second-order valence-corrected chi connectivity index (χ2v) is 9.84. The Morgan fingerprint density at radius 1 is 1.27 bits per heavy atom. The Morgan fingerprint density at radius 2 is 1.93 bits per heavy atom. The summed E-state index contributed by atoms with van der Waals surface area (Å²) in [5.74, 6) is -0.948. The number of likely N-dealkylation sites (N-methyl/N-ethyl adjacent to an activating group) is 1. The van der Waals surface area contributed by atoms with Crippen molar-refractivity contribution in [2.75, 3.05) is 18.1 Å². The lowest BCUT2D eigenvalue weighted by Crippen LogP contribution is -2.46. The summed E-state index contributed by atoms with van der Waals surface area (Å²) in [6, 6.07) is 8.39. The number of hydrogen-bond donors (Lipinski definition) is 0. The van der Waals surface area contributed by atoms with E-state index in [2.05, 4.69) is 5.10 Å². The van der Waals surface area contributed by atoms with Crippen LogP contribution in [-0.2, 0) is 19.4 Å². The van der Waals surface area contributed by atoms with Crippen LogP contribution < -0.4 is 0 Å². The quantitative estimate of drug-likeness (QED) is 0.647. The number of aryl methyl sites for hydroxylation is 2. The number of nitrogens with zero attached hydrogens (tertiary/aromatic N) is 3. The number of carbonyl (C=O) groups is 2. The van der Waals surface area contributed by atoms with Crippen LogP contribution in [0.2, 0.25) is 0 Å². The van der Waals surface area contributed by atoms with E-state index in [9.17, 15) is 18.0 Å². The topological polar surface area (TPSA) is 98.6 Å². The first-order valence-corrected chi connectivity index (χ1v) is 11.8. The van der Waals surface area contributed by atoms with Crippen LogP contribution in [0.5, 0.6) is 0 Å². The van der Waals surface area contributed by atoms with Gasteiger partial charge in [-0.05, 0) is 64.4 Å². The van der Waals surface area contributed by atoms with Crippen molar-refractivity contribution in [3.63, 3.8) is 0 Å². The van der Waals surface area contributed by atoms with Crippen LogP contribution in [0.4, 0.5) is 0 Å². The molecule has 2 aromatic rings. The van der Waals surface area contributed by atoms with Crippen LogP contribution in [0.25, 0.3) is 5.69 Å². The van der Waals surface area contributed by atoms with Crippen molar-refractivity contribution in [1.29, 1.82) is 0 Å². The maximum Gasteiger partial charge on any atom is 0.338 e. The monoisotopic (exact) mass is 433 g/mol. The normalized spacial score (nSPS) is 18.7. The summed E-state index contributed by atoms with van der Waals surface area (Å²) in [6.07, 6.45) is -0.590. The molecule has 3 rings (SSSR count). The van der Waals surface area contributed by atoms with Crippen LogP contribution in [0.3, 0.4) is 0 Å². The fraction of sp³-hybridized carbons (Fsp3) is 0.476. The van der Waals surface area contributed by atoms with Gasteiger partial charge < -0.3 is 9.64 Å². The number of sulfone groups is 1. The largest absolute Gasteiger partial charge is 0.449 e. The Balaban J connectivity index is 1.66. The first kappa shape index (κ1) is 22.0. The van der Waals surface area contributed by atoms with Crippen LogP contribution in [0.15, 0.2) is 30.3 Å². The second kappa shape index (κ2) is 8.59. The zero-order chi connectivity index (χ0) is 22.1. The summed E-state index contributed by atoms with van der Waals surface area (Å²) in [5.41, 5.74) is 3.03. The molecule has 0 radical (unpaired) electrons. The molecule has 30 heavy (non-hydrogen) atoms. The highest BCUT2D eigenvalue weighted by molar-refractivity contribution is 7.91. The number of benzene rings is 1. The Labute approximate surface area is 176 Å². The maximum atomic E-state index is 12.8. The van der Waals surface area contributed by atoms with Crippen molar-refractivity contribution in [1.82, 2.24) is 14.7 Å². The maximum absolute atomic E-state index is 12.8. The van der Waals surface area contributed by atoms with Crippen molar-refractivity contribution < 1.29 is 22.7 Å². The lowest BCUT2D eigenvalue weighted by atomic mass is 10.2. The molecule has 1 amide bonds. The molecule has 1 fully saturated rings. The van der Waals surface area contributed by atoms with Gasteiger partial charge in [0.1, 0.15) is 0 Å². The molecule has 0 spiro atoms. The standard InChI is InChI=1S/C21H27N3O5S/c1-5-23(19-10-11-30(27,28)13-19)20(25)16(4)29-21(26)17-6-8-18(9-7-17)24-15(3)12-14(2)22-24/h6-9,12,16,19H,5,10-11,13H2,1-4H3/t16-,19+/m0/s1. The predicted molar refractivity (Wildman–Crippen MR) is 112 cm³/mol. The summed E-state index contributed by atoms with van der Waals surface area (Å²) in [5, 5.41) is 4.41. The van der Waals surface area contributed by atoms with E-state index in [0.29, 0.717) is 18.5 Å². The van der Waals surface area contributed by atoms with E-state index in [-0.39, 0.29) is 23.5 Å². The fourth-order valence-electron chi connectivity index (χ4n) is 3.76. The van der Waals surface area contributed by atoms with Crippen LogP contribution in [-0.4, -0.2) is 65.2 Å². The molecule has 0 aliphatic carbocycles. The predicted octanol–water partition coefficient (Wildman–Crippen LogP) is 2.07. The molecule has 162 valence electrons. The summed E-state index contributed by atoms with van der Waals surface area (Å²) >= 11 is 0. The Morgan fingerprint density at radius 3 is 2.43 bits per heavy atom. The number of aromatic nitrogens is 2. The van der Waals surface area contributed by atoms with Gasteiger partial charge in [0.15, 0.2) is 15.9 Å². The van der Waals surface area contributed by atoms with Crippen LogP contribution in [0.1, 0.15) is 42.0 Å². The number of amides is 1. The number of ether oxygens (including phenoxy) is 1. The van der Waals surface area contributed by atoms with E-state index in [1.807, 2.05) is 19.9 Å². The molecule has 1 aromatic heterocycles. The number of esters is 1. The van der Waals surface area contributed by atoms with Gasteiger partial charge in [0, 0.05) is 18.3 Å². The molecular weight excluding hydrogens is 406 g/mol. The molecule has 2 heterocycles. The zero-order valence-corrected chi connectivity index (χ0v) is 18.5. The van der Waals surface area contributed by atoms with Gasteiger partial charge in [0.05, 0.1) is 28.5 Å². The highest BCUT2D eigenvalue weighted by atomic mass is 32.2. The first-order valence-electron chi connectivity index (χ1n) is 9.97. The second-order valence-electron chi connectivity index (χ2n) is 7.61. The molecule has 1 saturated heterocycles. The van der Waals surface area contributed by atoms with E-state index in [1.54, 1.807) is 35.9 Å². The fourth-order valence-corrected chi connectivity index (χ4v) is 5.49. The van der Waals surface area contributed by atoms with E-state index in [0.717, 1.165) is 17.1 Å². The van der Waals surface area contributed by atoms with E-state index < -0.39 is 21.9 Å². The molecule has 0 saturated carbocycles. The Bertz CT molecular complexity index is 1040. The third kappa shape index (κ3) is 4.72. The third-order valence-corrected chi connectivity index (χ3v) is 7.01. The summed E-state index contributed by atoms with van der Waals surface area (Å²) in [6.45, 7) is 7.52. The molecule has 0 unspecified atom stereocenters. The SMILES string of the molecule is CCN(C(=O)[C@H](C)OC(=O)c1ccc(-n2nc(C)cc2C)cc1)[C@@H]1CCS(=O)(=O)C1. The molecule has 1 aromatic carbocycles. The zero-order valence-electron chi connectivity index (χ0n) is 17.7. The molecule has 1 aliphatic rings. The van der Waals surface area contributed by atoms with Gasteiger partial charge in [-0.1, -0.05) is 0 Å². The van der Waals surface area contributed by atoms with Gasteiger partial charge >= 0.3 is 5.97 Å². The van der Waals surface area contributed by atoms with Crippen molar-refractivity contribution in [3.05, 3.63) is 47.3 Å². The van der Waals surface area contributed by atoms with Gasteiger partial charge in [0.2, 0.25) is 0 Å². The molecule has 0 N–H and O–H groups in total. The van der Waals surface area contributed by atoms with Crippen molar-refractivity contribution in [2.24, 2.45) is 0 Å². The van der Waals surface area contributed by atoms with Crippen LogP contribution >= 0.6 is 0 Å². The summed E-state index contributed by atoms with van der Waals surface area (Å²) in [4.78, 5) is 26.8. The smallest absolute Gasteiger partial charge is 0.338 e. The molecule has 1 aliphatic heterocycles. The number of carbonyl (C=O) groups excluding carboxylic acids is 2. The van der Waals surface area contributed by atoms with E-state index in [4.69, 9.17) is 4.74 Å². The number of rotatable bonds is 6. The molecule has 2 atom stereocenters.